The minimum absolute atomic E-state index is 0.103. The van der Waals surface area contributed by atoms with Gasteiger partial charge in [0.05, 0.1) is 0 Å². The third kappa shape index (κ3) is 2.97. The molecule has 0 aliphatic heterocycles. The van der Waals surface area contributed by atoms with Crippen LogP contribution < -0.4 is 5.56 Å². The molecular formula is C9H12INO. The van der Waals surface area contributed by atoms with Crippen molar-refractivity contribution in [2.24, 2.45) is 0 Å². The molecule has 0 aromatic carbocycles. The van der Waals surface area contributed by atoms with Gasteiger partial charge < -0.3 is 4.57 Å². The minimum Gasteiger partial charge on any atom is -0.316 e. The van der Waals surface area contributed by atoms with E-state index in [0.29, 0.717) is 0 Å². The Bertz CT molecular complexity index is 282. The molecule has 1 aromatic heterocycles. The molecule has 1 heterocycles. The summed E-state index contributed by atoms with van der Waals surface area (Å²) in [5.74, 6) is 0. The van der Waals surface area contributed by atoms with Crippen LogP contribution in [0.25, 0.3) is 0 Å². The fourth-order valence-electron chi connectivity index (χ4n) is 1.02. The zero-order valence-corrected chi connectivity index (χ0v) is 9.03. The molecule has 0 saturated carbocycles. The molecule has 1 aromatic rings. The highest BCUT2D eigenvalue weighted by Crippen LogP contribution is 1.96. The van der Waals surface area contributed by atoms with E-state index in [4.69, 9.17) is 0 Å². The molecule has 0 atom stereocenters. The first-order valence-corrected chi connectivity index (χ1v) is 5.58. The molecule has 66 valence electrons. The molecule has 2 nitrogen and oxygen atoms in total. The molecule has 0 saturated heterocycles. The number of unbranched alkanes of at least 4 members (excludes halogenated alkanes) is 1. The average Bonchev–Trinajstić information content (AvgIpc) is 2.09. The molecule has 1 rings (SSSR count). The van der Waals surface area contributed by atoms with Crippen molar-refractivity contribution in [3.8, 4) is 0 Å². The lowest BCUT2D eigenvalue weighted by atomic mass is 10.3. The Hall–Kier alpha value is -0.320. The first-order valence-electron chi connectivity index (χ1n) is 4.06. The summed E-state index contributed by atoms with van der Waals surface area (Å²) in [6.07, 6.45) is 4.12. The Morgan fingerprint density at radius 3 is 2.83 bits per heavy atom. The molecule has 0 fully saturated rings. The molecular weight excluding hydrogens is 265 g/mol. The van der Waals surface area contributed by atoms with Crippen LogP contribution in [0.3, 0.4) is 0 Å². The first-order chi connectivity index (χ1) is 5.84. The van der Waals surface area contributed by atoms with Gasteiger partial charge in [-0.25, -0.2) is 0 Å². The van der Waals surface area contributed by atoms with Crippen molar-refractivity contribution >= 4 is 22.6 Å². The van der Waals surface area contributed by atoms with Crippen LogP contribution >= 0.6 is 22.6 Å². The first kappa shape index (κ1) is 9.77. The summed E-state index contributed by atoms with van der Waals surface area (Å²) in [5, 5.41) is 0. The maximum Gasteiger partial charge on any atom is 0.250 e. The molecule has 0 aliphatic carbocycles. The second-order valence-corrected chi connectivity index (χ2v) is 3.71. The lowest BCUT2D eigenvalue weighted by Gasteiger charge is -2.02. The predicted octanol–water partition coefficient (Wildman–Crippen LogP) is 2.06. The fraction of sp³-hybridized carbons (Fsp3) is 0.444. The Morgan fingerprint density at radius 1 is 1.33 bits per heavy atom. The summed E-state index contributed by atoms with van der Waals surface area (Å²) >= 11 is 2.35. The maximum absolute atomic E-state index is 11.2. The van der Waals surface area contributed by atoms with E-state index in [9.17, 15) is 4.79 Å². The average molecular weight is 277 g/mol. The number of pyridine rings is 1. The van der Waals surface area contributed by atoms with E-state index >= 15 is 0 Å². The lowest BCUT2D eigenvalue weighted by Crippen LogP contribution is -2.17. The quantitative estimate of drug-likeness (QED) is 0.469. The number of aryl methyl sites for hydroxylation is 1. The van der Waals surface area contributed by atoms with Gasteiger partial charge in [-0.3, -0.25) is 4.79 Å². The van der Waals surface area contributed by atoms with E-state index in [1.165, 1.54) is 10.8 Å². The number of aromatic nitrogens is 1. The third-order valence-electron chi connectivity index (χ3n) is 1.68. The van der Waals surface area contributed by atoms with Crippen LogP contribution in [-0.4, -0.2) is 8.99 Å². The SMILES string of the molecule is O=c1ccccn1CCCCI. The van der Waals surface area contributed by atoms with Crippen molar-refractivity contribution in [3.05, 3.63) is 34.7 Å². The van der Waals surface area contributed by atoms with Gasteiger partial charge in [0.1, 0.15) is 0 Å². The zero-order valence-electron chi connectivity index (χ0n) is 6.87. The largest absolute Gasteiger partial charge is 0.316 e. The monoisotopic (exact) mass is 277 g/mol. The van der Waals surface area contributed by atoms with E-state index in [-0.39, 0.29) is 5.56 Å². The summed E-state index contributed by atoms with van der Waals surface area (Å²) < 4.78 is 2.92. The molecule has 0 amide bonds. The predicted molar refractivity (Wildman–Crippen MR) is 58.8 cm³/mol. The van der Waals surface area contributed by atoms with Crippen molar-refractivity contribution in [3.63, 3.8) is 0 Å². The number of rotatable bonds is 4. The number of hydrogen-bond acceptors (Lipinski definition) is 1. The van der Waals surface area contributed by atoms with Gasteiger partial charge in [-0.05, 0) is 23.3 Å². The molecule has 0 bridgehead atoms. The lowest BCUT2D eigenvalue weighted by molar-refractivity contribution is 0.618. The second kappa shape index (κ2) is 5.35. The third-order valence-corrected chi connectivity index (χ3v) is 2.44. The molecule has 0 unspecified atom stereocenters. The summed E-state index contributed by atoms with van der Waals surface area (Å²) in [6.45, 7) is 0.850. The van der Waals surface area contributed by atoms with Gasteiger partial charge in [0.2, 0.25) is 5.56 Å². The summed E-state index contributed by atoms with van der Waals surface area (Å²) in [7, 11) is 0. The van der Waals surface area contributed by atoms with Crippen LogP contribution in [0.5, 0.6) is 0 Å². The van der Waals surface area contributed by atoms with Crippen molar-refractivity contribution in [1.29, 1.82) is 0 Å². The van der Waals surface area contributed by atoms with Crippen molar-refractivity contribution in [2.75, 3.05) is 4.43 Å². The zero-order chi connectivity index (χ0) is 8.81. The van der Waals surface area contributed by atoms with Crippen LogP contribution in [-0.2, 0) is 6.54 Å². The molecule has 0 aliphatic rings. The van der Waals surface area contributed by atoms with Gasteiger partial charge >= 0.3 is 0 Å². The summed E-state index contributed by atoms with van der Waals surface area (Å²) in [5.41, 5.74) is 0.103. The van der Waals surface area contributed by atoms with Gasteiger partial charge in [0.15, 0.2) is 0 Å². The highest BCUT2D eigenvalue weighted by molar-refractivity contribution is 14.1. The highest BCUT2D eigenvalue weighted by atomic mass is 127. The van der Waals surface area contributed by atoms with Crippen molar-refractivity contribution in [2.45, 2.75) is 19.4 Å². The molecule has 3 heteroatoms. The van der Waals surface area contributed by atoms with Crippen LogP contribution in [0.4, 0.5) is 0 Å². The van der Waals surface area contributed by atoms with E-state index in [0.717, 1.165) is 13.0 Å². The maximum atomic E-state index is 11.2. The number of halogens is 1. The van der Waals surface area contributed by atoms with Crippen molar-refractivity contribution in [1.82, 2.24) is 4.57 Å². The molecule has 0 spiro atoms. The molecule has 0 radical (unpaired) electrons. The Kier molecular flexibility index (Phi) is 4.35. The van der Waals surface area contributed by atoms with Gasteiger partial charge in [-0.1, -0.05) is 28.7 Å². The normalized spacial score (nSPS) is 10.1. The van der Waals surface area contributed by atoms with Crippen LogP contribution in [0.1, 0.15) is 12.8 Å². The highest BCUT2D eigenvalue weighted by Gasteiger charge is 1.92. The van der Waals surface area contributed by atoms with Gasteiger partial charge in [-0.2, -0.15) is 0 Å². The molecule has 12 heavy (non-hydrogen) atoms. The second-order valence-electron chi connectivity index (χ2n) is 2.63. The molecule has 0 N–H and O–H groups in total. The number of alkyl halides is 1. The van der Waals surface area contributed by atoms with Gasteiger partial charge in [0, 0.05) is 18.8 Å². The topological polar surface area (TPSA) is 22.0 Å². The Labute approximate surface area is 85.7 Å². The summed E-state index contributed by atoms with van der Waals surface area (Å²) in [6, 6.07) is 5.27. The van der Waals surface area contributed by atoms with Crippen LogP contribution in [0.2, 0.25) is 0 Å². The van der Waals surface area contributed by atoms with E-state index in [1.807, 2.05) is 12.3 Å². The van der Waals surface area contributed by atoms with E-state index in [2.05, 4.69) is 22.6 Å². The Balaban J connectivity index is 2.52. The fourth-order valence-corrected chi connectivity index (χ4v) is 1.56. The van der Waals surface area contributed by atoms with E-state index in [1.54, 1.807) is 16.7 Å². The number of nitrogens with zero attached hydrogens (tertiary/aromatic N) is 1. The standard InChI is InChI=1S/C9H12INO/c10-6-2-4-8-11-7-3-1-5-9(11)12/h1,3,5,7H,2,4,6,8H2. The van der Waals surface area contributed by atoms with Gasteiger partial charge in [0.25, 0.3) is 0 Å². The van der Waals surface area contributed by atoms with Gasteiger partial charge in [-0.15, -0.1) is 0 Å². The minimum atomic E-state index is 0.103. The smallest absolute Gasteiger partial charge is 0.250 e. The van der Waals surface area contributed by atoms with Crippen LogP contribution in [0, 0.1) is 0 Å². The van der Waals surface area contributed by atoms with Crippen LogP contribution in [0.15, 0.2) is 29.2 Å². The number of hydrogen-bond donors (Lipinski definition) is 0. The summed E-state index contributed by atoms with van der Waals surface area (Å²) in [4.78, 5) is 11.2. The Morgan fingerprint density at radius 2 is 2.17 bits per heavy atom. The van der Waals surface area contributed by atoms with E-state index < -0.39 is 0 Å². The van der Waals surface area contributed by atoms with Crippen molar-refractivity contribution < 1.29 is 0 Å².